The molecule has 0 spiro atoms. The molecule has 0 saturated carbocycles. The van der Waals surface area contributed by atoms with E-state index < -0.39 is 5.97 Å². The quantitative estimate of drug-likeness (QED) is 0.321. The molecule has 3 aromatic heterocycles. The predicted octanol–water partition coefficient (Wildman–Crippen LogP) is 3.59. The van der Waals surface area contributed by atoms with Crippen LogP contribution in [0.25, 0.3) is 22.4 Å². The molecule has 0 amide bonds. The number of hydrogen-bond donors (Lipinski definition) is 0. The Bertz CT molecular complexity index is 1210. The van der Waals surface area contributed by atoms with Crippen LogP contribution in [0.15, 0.2) is 56.3 Å². The Labute approximate surface area is 171 Å². The number of aromatic nitrogens is 4. The lowest BCUT2D eigenvalue weighted by atomic mass is 10.1. The number of carbonyl (C=O) groups excluding carboxylic acids is 1. The Morgan fingerprint density at radius 2 is 1.93 bits per heavy atom. The summed E-state index contributed by atoms with van der Waals surface area (Å²) >= 11 is 0. The fourth-order valence-electron chi connectivity index (χ4n) is 3.06. The Morgan fingerprint density at radius 3 is 2.70 bits per heavy atom. The van der Waals surface area contributed by atoms with Crippen LogP contribution in [-0.2, 0) is 17.9 Å². The minimum absolute atomic E-state index is 0.0764. The number of esters is 1. The maximum atomic E-state index is 12.8. The van der Waals surface area contributed by atoms with Gasteiger partial charge in [-0.3, -0.25) is 4.79 Å². The van der Waals surface area contributed by atoms with Crippen molar-refractivity contribution in [1.29, 1.82) is 0 Å². The number of furan rings is 1. The van der Waals surface area contributed by atoms with Gasteiger partial charge in [-0.05, 0) is 24.6 Å². The number of carbonyl (C=O) groups is 1. The van der Waals surface area contributed by atoms with Crippen LogP contribution < -0.4 is 5.56 Å². The van der Waals surface area contributed by atoms with Crippen LogP contribution in [0.5, 0.6) is 0 Å². The zero-order valence-corrected chi connectivity index (χ0v) is 16.4. The van der Waals surface area contributed by atoms with Crippen LogP contribution in [0.2, 0.25) is 0 Å². The highest BCUT2D eigenvalue weighted by Crippen LogP contribution is 2.19. The highest BCUT2D eigenvalue weighted by Gasteiger charge is 2.19. The van der Waals surface area contributed by atoms with Crippen LogP contribution in [0.4, 0.5) is 0 Å². The average Bonchev–Trinajstić information content (AvgIpc) is 3.46. The summed E-state index contributed by atoms with van der Waals surface area (Å²) < 4.78 is 17.3. The molecule has 0 aliphatic heterocycles. The Hall–Kier alpha value is -3.75. The van der Waals surface area contributed by atoms with Crippen molar-refractivity contribution in [2.24, 2.45) is 0 Å². The van der Waals surface area contributed by atoms with E-state index in [-0.39, 0.29) is 29.6 Å². The molecule has 0 N–H and O–H groups in total. The van der Waals surface area contributed by atoms with E-state index in [0.717, 1.165) is 19.3 Å². The molecule has 0 radical (unpaired) electrons. The van der Waals surface area contributed by atoms with Crippen molar-refractivity contribution in [1.82, 2.24) is 20.0 Å². The highest BCUT2D eigenvalue weighted by molar-refractivity contribution is 6.02. The molecule has 4 aromatic rings. The summed E-state index contributed by atoms with van der Waals surface area (Å²) in [5.41, 5.74) is -0.147. The maximum absolute atomic E-state index is 12.8. The van der Waals surface area contributed by atoms with Gasteiger partial charge in [0.25, 0.3) is 17.3 Å². The average molecular weight is 408 g/mol. The number of nitrogens with zero attached hydrogens (tertiary/aromatic N) is 4. The number of hydrogen-bond acceptors (Lipinski definition) is 8. The van der Waals surface area contributed by atoms with Crippen molar-refractivity contribution in [3.05, 3.63) is 64.6 Å². The van der Waals surface area contributed by atoms with Crippen LogP contribution >= 0.6 is 0 Å². The molecule has 3 heterocycles. The fraction of sp³-hybridized carbons (Fsp3) is 0.286. The normalized spacial score (nSPS) is 11.1. The molecule has 0 saturated heterocycles. The third-order valence-electron chi connectivity index (χ3n) is 4.56. The summed E-state index contributed by atoms with van der Waals surface area (Å²) in [6, 6.07) is 10.2. The molecule has 30 heavy (non-hydrogen) atoms. The molecule has 0 fully saturated rings. The van der Waals surface area contributed by atoms with Crippen molar-refractivity contribution in [3.8, 4) is 11.7 Å². The van der Waals surface area contributed by atoms with Gasteiger partial charge in [-0.1, -0.05) is 38.0 Å². The van der Waals surface area contributed by atoms with Gasteiger partial charge in [0.1, 0.15) is 0 Å². The van der Waals surface area contributed by atoms with E-state index in [4.69, 9.17) is 13.6 Å². The second kappa shape index (κ2) is 8.73. The van der Waals surface area contributed by atoms with Gasteiger partial charge in [0, 0.05) is 11.9 Å². The first-order valence-corrected chi connectivity index (χ1v) is 9.70. The Kier molecular flexibility index (Phi) is 5.69. The first kappa shape index (κ1) is 19.6. The molecule has 154 valence electrons. The molecule has 4 rings (SSSR count). The first-order valence-electron chi connectivity index (χ1n) is 9.70. The van der Waals surface area contributed by atoms with Gasteiger partial charge in [0.2, 0.25) is 0 Å². The van der Waals surface area contributed by atoms with Gasteiger partial charge in [-0.25, -0.2) is 9.48 Å². The van der Waals surface area contributed by atoms with E-state index in [0.29, 0.717) is 23.1 Å². The number of unbranched alkanes of at least 4 members (excludes halogenated alkanes) is 2. The fourth-order valence-corrected chi connectivity index (χ4v) is 3.06. The number of benzene rings is 1. The lowest BCUT2D eigenvalue weighted by Gasteiger charge is -2.10. The standard InChI is InChI=1S/C21H20N4O5/c1-2-3-6-11-25-20(26)15-9-5-4-8-14(15)18(24-25)21(27)29-13-17-22-23-19(30-17)16-10-7-12-28-16/h4-5,7-10,12H,2-3,6,11,13H2,1H3. The molecular formula is C21H20N4O5. The second-order valence-electron chi connectivity index (χ2n) is 6.68. The van der Waals surface area contributed by atoms with Gasteiger partial charge in [-0.2, -0.15) is 5.10 Å². The molecule has 0 unspecified atom stereocenters. The third-order valence-corrected chi connectivity index (χ3v) is 4.56. The zero-order chi connectivity index (χ0) is 20.9. The molecule has 0 aliphatic rings. The summed E-state index contributed by atoms with van der Waals surface area (Å²) in [5, 5.41) is 12.9. The summed E-state index contributed by atoms with van der Waals surface area (Å²) in [7, 11) is 0. The van der Waals surface area contributed by atoms with E-state index in [1.54, 1.807) is 36.4 Å². The first-order chi connectivity index (χ1) is 14.7. The molecule has 0 atom stereocenters. The van der Waals surface area contributed by atoms with Gasteiger partial charge in [0.05, 0.1) is 11.6 Å². The molecule has 1 aromatic carbocycles. The van der Waals surface area contributed by atoms with E-state index >= 15 is 0 Å². The van der Waals surface area contributed by atoms with Crippen molar-refractivity contribution >= 4 is 16.7 Å². The van der Waals surface area contributed by atoms with Gasteiger partial charge < -0.3 is 13.6 Å². The Balaban J connectivity index is 1.56. The summed E-state index contributed by atoms with van der Waals surface area (Å²) in [6.45, 7) is 2.29. The van der Waals surface area contributed by atoms with Gasteiger partial charge in [-0.15, -0.1) is 10.2 Å². The summed E-state index contributed by atoms with van der Waals surface area (Å²) in [4.78, 5) is 25.5. The lowest BCUT2D eigenvalue weighted by Crippen LogP contribution is -2.26. The smallest absolute Gasteiger partial charge is 0.359 e. The van der Waals surface area contributed by atoms with Crippen LogP contribution in [0.3, 0.4) is 0 Å². The third kappa shape index (κ3) is 4.00. The maximum Gasteiger partial charge on any atom is 0.359 e. The summed E-state index contributed by atoms with van der Waals surface area (Å²) in [5.74, 6) is 0.0644. The SMILES string of the molecule is CCCCCn1nc(C(=O)OCc2nnc(-c3ccco3)o2)c2ccccc2c1=O. The molecule has 0 bridgehead atoms. The van der Waals surface area contributed by atoms with Crippen molar-refractivity contribution in [3.63, 3.8) is 0 Å². The van der Waals surface area contributed by atoms with Crippen molar-refractivity contribution in [2.75, 3.05) is 0 Å². The number of fused-ring (bicyclic) bond motifs is 1. The van der Waals surface area contributed by atoms with E-state index in [1.807, 2.05) is 0 Å². The molecular weight excluding hydrogens is 388 g/mol. The van der Waals surface area contributed by atoms with Crippen LogP contribution in [0, 0.1) is 0 Å². The van der Waals surface area contributed by atoms with Crippen LogP contribution in [-0.4, -0.2) is 25.9 Å². The van der Waals surface area contributed by atoms with E-state index in [1.165, 1.54) is 10.9 Å². The number of ether oxygens (including phenoxy) is 1. The van der Waals surface area contributed by atoms with Gasteiger partial charge in [0.15, 0.2) is 18.1 Å². The molecule has 9 nitrogen and oxygen atoms in total. The van der Waals surface area contributed by atoms with E-state index in [9.17, 15) is 9.59 Å². The number of rotatable bonds is 8. The predicted molar refractivity (Wildman–Crippen MR) is 107 cm³/mol. The Morgan fingerprint density at radius 1 is 1.10 bits per heavy atom. The van der Waals surface area contributed by atoms with E-state index in [2.05, 4.69) is 22.2 Å². The monoisotopic (exact) mass is 408 g/mol. The van der Waals surface area contributed by atoms with Crippen molar-refractivity contribution < 1.29 is 18.4 Å². The highest BCUT2D eigenvalue weighted by atomic mass is 16.5. The largest absolute Gasteiger partial charge is 0.459 e. The molecule has 0 aliphatic carbocycles. The zero-order valence-electron chi connectivity index (χ0n) is 16.4. The minimum Gasteiger partial charge on any atom is -0.459 e. The molecule has 9 heteroatoms. The second-order valence-corrected chi connectivity index (χ2v) is 6.68. The van der Waals surface area contributed by atoms with Crippen LogP contribution in [0.1, 0.15) is 42.6 Å². The van der Waals surface area contributed by atoms with Gasteiger partial charge >= 0.3 is 5.97 Å². The minimum atomic E-state index is -0.673. The lowest BCUT2D eigenvalue weighted by molar-refractivity contribution is 0.0431. The summed E-state index contributed by atoms with van der Waals surface area (Å²) in [6.07, 6.45) is 4.27. The van der Waals surface area contributed by atoms with Crippen molar-refractivity contribution in [2.45, 2.75) is 39.3 Å². The topological polar surface area (TPSA) is 113 Å². The number of aryl methyl sites for hydroxylation is 1.